The molecule has 0 aliphatic heterocycles. The number of nitrogens with zero attached hydrogens (tertiary/aromatic N) is 2. The number of rotatable bonds is 7. The molecule has 0 atom stereocenters. The number of methoxy groups -OCH3 is 1. The number of hydrogen-bond donors (Lipinski definition) is 2. The van der Waals surface area contributed by atoms with Crippen LogP contribution in [-0.4, -0.2) is 31.0 Å². The van der Waals surface area contributed by atoms with Gasteiger partial charge in [0.25, 0.3) is 5.91 Å². The Hall–Kier alpha value is -4.25. The highest BCUT2D eigenvalue weighted by Gasteiger charge is 2.23. The number of sulfonamides is 1. The molecule has 0 radical (unpaired) electrons. The van der Waals surface area contributed by atoms with Gasteiger partial charge in [-0.2, -0.15) is 0 Å². The van der Waals surface area contributed by atoms with Crippen molar-refractivity contribution < 1.29 is 17.9 Å². The first kappa shape index (κ1) is 24.4. The zero-order valence-electron chi connectivity index (χ0n) is 19.7. The molecule has 0 bridgehead atoms. The lowest BCUT2D eigenvalue weighted by molar-refractivity contribution is 0.103. The van der Waals surface area contributed by atoms with Crippen molar-refractivity contribution >= 4 is 33.0 Å². The molecule has 8 nitrogen and oxygen atoms in total. The van der Waals surface area contributed by atoms with E-state index in [1.165, 1.54) is 17.4 Å². The standard InChI is InChI=1S/C27H22N4O4S2/c1-35-19-14-12-18(13-15-19)24-25(36-27(30-24)31-16-6-7-17-31)26(32)29-22-10-4-2-8-20(22)21-9-3-5-11-23(21)37(28,33)34/h2-17H,1H3,(H,29,32)(H2,28,33,34). The van der Waals surface area contributed by atoms with Gasteiger partial charge in [-0.25, -0.2) is 18.5 Å². The molecule has 0 unspecified atom stereocenters. The summed E-state index contributed by atoms with van der Waals surface area (Å²) in [5.74, 6) is 0.320. The van der Waals surface area contributed by atoms with Crippen LogP contribution in [0.1, 0.15) is 9.67 Å². The SMILES string of the molecule is COc1ccc(-c2nc(-n3cccc3)sc2C(=O)Nc2ccccc2-c2ccccc2S(N)(=O)=O)cc1. The van der Waals surface area contributed by atoms with Crippen molar-refractivity contribution in [1.29, 1.82) is 0 Å². The number of aromatic nitrogens is 2. The average Bonchev–Trinajstić information content (AvgIpc) is 3.59. The number of hydrogen-bond acceptors (Lipinski definition) is 6. The lowest BCUT2D eigenvalue weighted by atomic mass is 10.0. The minimum atomic E-state index is -3.98. The second-order valence-electron chi connectivity index (χ2n) is 8.03. The Kier molecular flexibility index (Phi) is 6.62. The molecule has 2 aromatic heterocycles. The summed E-state index contributed by atoms with van der Waals surface area (Å²) in [6.45, 7) is 0. The number of carbonyl (C=O) groups is 1. The molecule has 0 fully saturated rings. The molecule has 0 aliphatic carbocycles. The zero-order chi connectivity index (χ0) is 26.0. The number of benzene rings is 3. The Balaban J connectivity index is 1.57. The van der Waals surface area contributed by atoms with Crippen molar-refractivity contribution in [2.75, 3.05) is 12.4 Å². The van der Waals surface area contributed by atoms with E-state index in [0.717, 1.165) is 5.56 Å². The summed E-state index contributed by atoms with van der Waals surface area (Å²) in [5, 5.41) is 9.05. The molecular formula is C27H22N4O4S2. The van der Waals surface area contributed by atoms with Gasteiger partial charge in [0.1, 0.15) is 10.6 Å². The molecule has 1 amide bonds. The second-order valence-corrected chi connectivity index (χ2v) is 10.5. The number of nitrogens with one attached hydrogen (secondary N) is 1. The van der Waals surface area contributed by atoms with Crippen LogP contribution < -0.4 is 15.2 Å². The zero-order valence-corrected chi connectivity index (χ0v) is 21.3. The molecular weight excluding hydrogens is 508 g/mol. The number of para-hydroxylation sites is 1. The van der Waals surface area contributed by atoms with Crippen molar-refractivity contribution in [3.63, 3.8) is 0 Å². The monoisotopic (exact) mass is 530 g/mol. The Morgan fingerprint density at radius 3 is 2.24 bits per heavy atom. The first-order valence-corrected chi connectivity index (χ1v) is 13.5. The Morgan fingerprint density at radius 2 is 1.57 bits per heavy atom. The number of ether oxygens (including phenoxy) is 1. The van der Waals surface area contributed by atoms with E-state index in [1.54, 1.807) is 49.6 Å². The van der Waals surface area contributed by atoms with E-state index < -0.39 is 10.0 Å². The molecule has 5 aromatic rings. The molecule has 0 spiro atoms. The third-order valence-electron chi connectivity index (χ3n) is 5.67. The van der Waals surface area contributed by atoms with Crippen LogP contribution in [0.4, 0.5) is 5.69 Å². The van der Waals surface area contributed by atoms with Crippen LogP contribution >= 0.6 is 11.3 Å². The van der Waals surface area contributed by atoms with E-state index in [0.29, 0.717) is 38.3 Å². The van der Waals surface area contributed by atoms with E-state index in [-0.39, 0.29) is 10.8 Å². The lowest BCUT2D eigenvalue weighted by Crippen LogP contribution is -2.15. The van der Waals surface area contributed by atoms with Gasteiger partial charge in [-0.3, -0.25) is 4.79 Å². The molecule has 0 saturated heterocycles. The van der Waals surface area contributed by atoms with E-state index in [2.05, 4.69) is 5.32 Å². The number of amides is 1. The van der Waals surface area contributed by atoms with E-state index in [1.807, 2.05) is 53.4 Å². The highest BCUT2D eigenvalue weighted by Crippen LogP contribution is 2.35. The minimum Gasteiger partial charge on any atom is -0.497 e. The van der Waals surface area contributed by atoms with Crippen molar-refractivity contribution in [3.8, 4) is 33.3 Å². The maximum absolute atomic E-state index is 13.7. The van der Waals surface area contributed by atoms with Crippen molar-refractivity contribution in [1.82, 2.24) is 9.55 Å². The topological polar surface area (TPSA) is 116 Å². The Morgan fingerprint density at radius 1 is 0.919 bits per heavy atom. The lowest BCUT2D eigenvalue weighted by Gasteiger charge is -2.14. The van der Waals surface area contributed by atoms with Crippen LogP contribution in [-0.2, 0) is 10.0 Å². The molecule has 2 heterocycles. The van der Waals surface area contributed by atoms with E-state index >= 15 is 0 Å². The average molecular weight is 531 g/mol. The molecule has 3 N–H and O–H groups in total. The summed E-state index contributed by atoms with van der Waals surface area (Å²) in [5.41, 5.74) is 2.65. The normalized spacial score (nSPS) is 11.3. The summed E-state index contributed by atoms with van der Waals surface area (Å²) in [7, 11) is -2.39. The number of thiazole rings is 1. The van der Waals surface area contributed by atoms with Crippen LogP contribution in [0.5, 0.6) is 5.75 Å². The summed E-state index contributed by atoms with van der Waals surface area (Å²) in [6, 6.07) is 24.5. The number of primary sulfonamides is 1. The van der Waals surface area contributed by atoms with Crippen molar-refractivity contribution in [2.45, 2.75) is 4.90 Å². The predicted molar refractivity (Wildman–Crippen MR) is 145 cm³/mol. The largest absolute Gasteiger partial charge is 0.497 e. The van der Waals surface area contributed by atoms with Crippen LogP contribution in [0.2, 0.25) is 0 Å². The summed E-state index contributed by atoms with van der Waals surface area (Å²) < 4.78 is 31.5. The van der Waals surface area contributed by atoms with Gasteiger partial charge in [0.05, 0.1) is 17.7 Å². The summed E-state index contributed by atoms with van der Waals surface area (Å²) in [6.07, 6.45) is 3.72. The van der Waals surface area contributed by atoms with Gasteiger partial charge >= 0.3 is 0 Å². The van der Waals surface area contributed by atoms with Gasteiger partial charge in [-0.1, -0.05) is 47.7 Å². The summed E-state index contributed by atoms with van der Waals surface area (Å²) in [4.78, 5) is 18.8. The van der Waals surface area contributed by atoms with Crippen LogP contribution in [0.15, 0.2) is 102 Å². The maximum Gasteiger partial charge on any atom is 0.268 e. The first-order valence-electron chi connectivity index (χ1n) is 11.2. The number of carbonyl (C=O) groups excluding carboxylic acids is 1. The third kappa shape index (κ3) is 5.03. The smallest absolute Gasteiger partial charge is 0.268 e. The van der Waals surface area contributed by atoms with Gasteiger partial charge in [0.2, 0.25) is 10.0 Å². The molecule has 186 valence electrons. The van der Waals surface area contributed by atoms with Gasteiger partial charge in [0, 0.05) is 34.8 Å². The van der Waals surface area contributed by atoms with Gasteiger partial charge in [0.15, 0.2) is 5.13 Å². The van der Waals surface area contributed by atoms with Gasteiger partial charge < -0.3 is 14.6 Å². The Bertz CT molecular complexity index is 1680. The van der Waals surface area contributed by atoms with Crippen LogP contribution in [0.3, 0.4) is 0 Å². The third-order valence-corrected chi connectivity index (χ3v) is 7.71. The quantitative estimate of drug-likeness (QED) is 0.301. The fourth-order valence-corrected chi connectivity index (χ4v) is 5.63. The molecule has 37 heavy (non-hydrogen) atoms. The first-order chi connectivity index (χ1) is 17.8. The summed E-state index contributed by atoms with van der Waals surface area (Å²) >= 11 is 1.25. The highest BCUT2D eigenvalue weighted by atomic mass is 32.2. The fraction of sp³-hybridized carbons (Fsp3) is 0.0370. The fourth-order valence-electron chi connectivity index (χ4n) is 3.92. The van der Waals surface area contributed by atoms with Gasteiger partial charge in [-0.05, 0) is 48.5 Å². The molecule has 3 aromatic carbocycles. The van der Waals surface area contributed by atoms with E-state index in [4.69, 9.17) is 14.9 Å². The molecule has 0 aliphatic rings. The minimum absolute atomic E-state index is 0.0247. The number of nitrogens with two attached hydrogens (primary N) is 1. The van der Waals surface area contributed by atoms with E-state index in [9.17, 15) is 13.2 Å². The highest BCUT2D eigenvalue weighted by molar-refractivity contribution is 7.89. The Labute approximate surface area is 218 Å². The van der Waals surface area contributed by atoms with Gasteiger partial charge in [-0.15, -0.1) is 0 Å². The molecule has 5 rings (SSSR count). The van der Waals surface area contributed by atoms with Crippen LogP contribution in [0.25, 0.3) is 27.5 Å². The molecule has 10 heteroatoms. The van der Waals surface area contributed by atoms with Crippen molar-refractivity contribution in [2.24, 2.45) is 5.14 Å². The predicted octanol–water partition coefficient (Wildman–Crippen LogP) is 5.18. The number of anilines is 1. The maximum atomic E-state index is 13.7. The van der Waals surface area contributed by atoms with Crippen molar-refractivity contribution in [3.05, 3.63) is 102 Å². The molecule has 0 saturated carbocycles. The van der Waals surface area contributed by atoms with Crippen LogP contribution in [0, 0.1) is 0 Å². The second kappa shape index (κ2) is 10.0.